The van der Waals surface area contributed by atoms with Crippen molar-refractivity contribution in [2.24, 2.45) is 0 Å². The molecule has 4 nitrogen and oxygen atoms in total. The maximum Gasteiger partial charge on any atom is 0.221 e. The van der Waals surface area contributed by atoms with E-state index >= 15 is 0 Å². The summed E-state index contributed by atoms with van der Waals surface area (Å²) in [6, 6.07) is 16.8. The number of hydrogen-bond donors (Lipinski definition) is 2. The lowest BCUT2D eigenvalue weighted by Crippen LogP contribution is -2.12. The number of nitrogens with zero attached hydrogens (tertiary/aromatic N) is 2. The first kappa shape index (κ1) is 16.9. The van der Waals surface area contributed by atoms with Gasteiger partial charge in [-0.1, -0.05) is 42.5 Å². The summed E-state index contributed by atoms with van der Waals surface area (Å²) in [5.41, 5.74) is 8.99. The van der Waals surface area contributed by atoms with Gasteiger partial charge in [-0.05, 0) is 43.0 Å². The lowest BCUT2D eigenvalue weighted by molar-refractivity contribution is 0.627. The van der Waals surface area contributed by atoms with Crippen molar-refractivity contribution in [3.63, 3.8) is 0 Å². The molecule has 128 valence electrons. The Morgan fingerprint density at radius 2 is 1.76 bits per heavy atom. The van der Waals surface area contributed by atoms with Crippen LogP contribution in [0.4, 0.5) is 16.2 Å². The van der Waals surface area contributed by atoms with Gasteiger partial charge < -0.3 is 11.1 Å². The maximum atomic E-state index is 13.0. The molecular weight excluding hydrogens is 315 g/mol. The van der Waals surface area contributed by atoms with Crippen molar-refractivity contribution < 1.29 is 4.39 Å². The van der Waals surface area contributed by atoms with Gasteiger partial charge in [0.2, 0.25) is 5.95 Å². The van der Waals surface area contributed by atoms with E-state index in [9.17, 15) is 4.39 Å². The summed E-state index contributed by atoms with van der Waals surface area (Å²) in [4.78, 5) is 8.47. The van der Waals surface area contributed by atoms with Crippen LogP contribution in [0, 0.1) is 5.82 Å². The highest BCUT2D eigenvalue weighted by molar-refractivity contribution is 5.48. The lowest BCUT2D eigenvalue weighted by atomic mass is 10.0. The molecule has 2 aromatic carbocycles. The van der Waals surface area contributed by atoms with Gasteiger partial charge in [-0.25, -0.2) is 9.37 Å². The first-order valence-electron chi connectivity index (χ1n) is 8.29. The van der Waals surface area contributed by atoms with E-state index in [1.54, 1.807) is 18.3 Å². The van der Waals surface area contributed by atoms with Crippen LogP contribution in [0.3, 0.4) is 0 Å². The van der Waals surface area contributed by atoms with Gasteiger partial charge in [0.25, 0.3) is 0 Å². The van der Waals surface area contributed by atoms with Gasteiger partial charge in [0.05, 0.1) is 0 Å². The molecule has 1 atom stereocenters. The molecule has 0 radical (unpaired) electrons. The van der Waals surface area contributed by atoms with E-state index < -0.39 is 0 Å². The van der Waals surface area contributed by atoms with Crippen molar-refractivity contribution >= 4 is 11.8 Å². The van der Waals surface area contributed by atoms with Crippen LogP contribution in [-0.2, 0) is 12.8 Å². The van der Waals surface area contributed by atoms with Gasteiger partial charge in [-0.3, -0.25) is 0 Å². The minimum absolute atomic E-state index is 0.0973. The molecule has 0 saturated carbocycles. The molecule has 0 aliphatic carbocycles. The number of nitrogens with one attached hydrogen (secondary N) is 1. The Bertz CT molecular complexity index is 819. The summed E-state index contributed by atoms with van der Waals surface area (Å²) in [5.74, 6) is 0.762. The van der Waals surface area contributed by atoms with Crippen molar-refractivity contribution in [1.82, 2.24) is 9.97 Å². The third-order valence-electron chi connectivity index (χ3n) is 4.13. The highest BCUT2D eigenvalue weighted by Crippen LogP contribution is 2.22. The number of aryl methyl sites for hydroxylation is 2. The minimum Gasteiger partial charge on any atom is -0.368 e. The fourth-order valence-electron chi connectivity index (χ4n) is 2.69. The molecule has 0 aliphatic heterocycles. The van der Waals surface area contributed by atoms with E-state index in [1.807, 2.05) is 18.2 Å². The van der Waals surface area contributed by atoms with Crippen molar-refractivity contribution in [3.05, 3.63) is 83.3 Å². The molecule has 0 bridgehead atoms. The Morgan fingerprint density at radius 3 is 2.48 bits per heavy atom. The first-order valence-corrected chi connectivity index (χ1v) is 8.29. The van der Waals surface area contributed by atoms with Gasteiger partial charge in [-0.2, -0.15) is 4.98 Å². The number of nitrogens with two attached hydrogens (primary N) is 1. The van der Waals surface area contributed by atoms with Crippen molar-refractivity contribution in [1.29, 1.82) is 0 Å². The summed E-state index contributed by atoms with van der Waals surface area (Å²) in [6.07, 6.45) is 3.28. The zero-order valence-corrected chi connectivity index (χ0v) is 14.1. The second-order valence-electron chi connectivity index (χ2n) is 6.01. The number of nitrogen functional groups attached to an aromatic ring is 1. The van der Waals surface area contributed by atoms with Gasteiger partial charge in [-0.15, -0.1) is 0 Å². The van der Waals surface area contributed by atoms with Gasteiger partial charge in [0.1, 0.15) is 11.6 Å². The van der Waals surface area contributed by atoms with Crippen molar-refractivity contribution in [2.45, 2.75) is 25.8 Å². The number of rotatable bonds is 6. The van der Waals surface area contributed by atoms with Crippen LogP contribution in [0.1, 0.15) is 29.7 Å². The van der Waals surface area contributed by atoms with Crippen molar-refractivity contribution in [2.75, 3.05) is 11.1 Å². The molecule has 0 aliphatic rings. The Balaban J connectivity index is 1.74. The predicted molar refractivity (Wildman–Crippen MR) is 98.7 cm³/mol. The number of anilines is 2. The van der Waals surface area contributed by atoms with Crippen LogP contribution < -0.4 is 11.1 Å². The number of aromatic nitrogens is 2. The first-order chi connectivity index (χ1) is 12.1. The third kappa shape index (κ3) is 4.53. The minimum atomic E-state index is -0.224. The van der Waals surface area contributed by atoms with Crippen LogP contribution in [0.15, 0.2) is 60.8 Å². The lowest BCUT2D eigenvalue weighted by Gasteiger charge is -2.17. The van der Waals surface area contributed by atoms with E-state index in [2.05, 4.69) is 34.3 Å². The van der Waals surface area contributed by atoms with Crippen LogP contribution in [0.25, 0.3) is 0 Å². The van der Waals surface area contributed by atoms with Crippen LogP contribution >= 0.6 is 0 Å². The zero-order valence-electron chi connectivity index (χ0n) is 14.1. The Labute approximate surface area is 146 Å². The Morgan fingerprint density at radius 1 is 1.04 bits per heavy atom. The SMILES string of the molecule is CC(Nc1nc(N)ncc1CCc1ccc(F)cc1)c1ccccc1. The predicted octanol–water partition coefficient (Wildman–Crippen LogP) is 4.16. The van der Waals surface area contributed by atoms with E-state index in [-0.39, 0.29) is 17.8 Å². The highest BCUT2D eigenvalue weighted by atomic mass is 19.1. The monoisotopic (exact) mass is 336 g/mol. The molecule has 3 N–H and O–H groups in total. The van der Waals surface area contributed by atoms with Gasteiger partial charge in [0.15, 0.2) is 0 Å². The molecule has 5 heteroatoms. The average molecular weight is 336 g/mol. The largest absolute Gasteiger partial charge is 0.368 e. The highest BCUT2D eigenvalue weighted by Gasteiger charge is 2.11. The molecule has 1 heterocycles. The quantitative estimate of drug-likeness (QED) is 0.709. The number of halogens is 1. The molecule has 0 saturated heterocycles. The molecule has 25 heavy (non-hydrogen) atoms. The molecule has 1 unspecified atom stereocenters. The van der Waals surface area contributed by atoms with Crippen molar-refractivity contribution in [3.8, 4) is 0 Å². The number of benzene rings is 2. The maximum absolute atomic E-state index is 13.0. The third-order valence-corrected chi connectivity index (χ3v) is 4.13. The summed E-state index contributed by atoms with van der Waals surface area (Å²) < 4.78 is 13.0. The molecule has 1 aromatic heterocycles. The van der Waals surface area contributed by atoms with E-state index in [4.69, 9.17) is 5.73 Å². The molecule has 3 rings (SSSR count). The zero-order chi connectivity index (χ0) is 17.6. The fourth-order valence-corrected chi connectivity index (χ4v) is 2.69. The summed E-state index contributed by atoms with van der Waals surface area (Å²) >= 11 is 0. The summed E-state index contributed by atoms with van der Waals surface area (Å²) in [6.45, 7) is 2.08. The summed E-state index contributed by atoms with van der Waals surface area (Å²) in [5, 5.41) is 3.42. The summed E-state index contributed by atoms with van der Waals surface area (Å²) in [7, 11) is 0. The second-order valence-corrected chi connectivity index (χ2v) is 6.01. The molecular formula is C20H21FN4. The molecule has 0 fully saturated rings. The van der Waals surface area contributed by atoms with E-state index in [0.29, 0.717) is 0 Å². The van der Waals surface area contributed by atoms with E-state index in [1.165, 1.54) is 17.7 Å². The number of hydrogen-bond acceptors (Lipinski definition) is 4. The molecule has 0 amide bonds. The van der Waals surface area contributed by atoms with Crippen LogP contribution in [0.2, 0.25) is 0 Å². The average Bonchev–Trinajstić information content (AvgIpc) is 2.63. The topological polar surface area (TPSA) is 63.8 Å². The smallest absolute Gasteiger partial charge is 0.221 e. The molecule has 3 aromatic rings. The molecule has 0 spiro atoms. The standard InChI is InChI=1S/C20H21FN4/c1-14(16-5-3-2-4-6-16)24-19-17(13-23-20(22)25-19)10-7-15-8-11-18(21)12-9-15/h2-6,8-9,11-14H,7,10H2,1H3,(H3,22,23,24,25). The van der Waals surface area contributed by atoms with Gasteiger partial charge in [0, 0.05) is 17.8 Å². The van der Waals surface area contributed by atoms with Crippen LogP contribution in [0.5, 0.6) is 0 Å². The van der Waals surface area contributed by atoms with Crippen LogP contribution in [-0.4, -0.2) is 9.97 Å². The Kier molecular flexibility index (Phi) is 5.23. The van der Waals surface area contributed by atoms with Gasteiger partial charge >= 0.3 is 0 Å². The Hall–Kier alpha value is -2.95. The normalized spacial score (nSPS) is 11.9. The second kappa shape index (κ2) is 7.75. The van der Waals surface area contributed by atoms with E-state index in [0.717, 1.165) is 29.8 Å². The fraction of sp³-hybridized carbons (Fsp3) is 0.200.